The van der Waals surface area contributed by atoms with Gasteiger partial charge in [-0.1, -0.05) is 0 Å². The molecule has 2 rings (SSSR count). The normalized spacial score (nSPS) is 16.2. The fourth-order valence-electron chi connectivity index (χ4n) is 1.71. The highest BCUT2D eigenvalue weighted by Crippen LogP contribution is 2.29. The Morgan fingerprint density at radius 1 is 1.38 bits per heavy atom. The highest BCUT2D eigenvalue weighted by atomic mass is 19.1. The van der Waals surface area contributed by atoms with Crippen molar-refractivity contribution in [2.75, 3.05) is 31.2 Å². The van der Waals surface area contributed by atoms with Gasteiger partial charge in [-0.25, -0.2) is 4.39 Å². The molecular weight excluding hydrogens is 215 g/mol. The zero-order valence-electron chi connectivity index (χ0n) is 8.56. The second-order valence-electron chi connectivity index (χ2n) is 3.49. The lowest BCUT2D eigenvalue weighted by molar-refractivity contribution is -0.384. The van der Waals surface area contributed by atoms with Gasteiger partial charge in [0.05, 0.1) is 24.2 Å². The van der Waals surface area contributed by atoms with E-state index >= 15 is 0 Å². The summed E-state index contributed by atoms with van der Waals surface area (Å²) in [6.07, 6.45) is 0. The summed E-state index contributed by atoms with van der Waals surface area (Å²) < 4.78 is 18.1. The van der Waals surface area contributed by atoms with Gasteiger partial charge in [-0.15, -0.1) is 0 Å². The highest BCUT2D eigenvalue weighted by molar-refractivity contribution is 5.63. The second kappa shape index (κ2) is 4.44. The molecule has 1 aliphatic heterocycles. The smallest absolute Gasteiger partial charge is 0.295 e. The van der Waals surface area contributed by atoms with E-state index in [0.717, 1.165) is 6.07 Å². The molecule has 16 heavy (non-hydrogen) atoms. The summed E-state index contributed by atoms with van der Waals surface area (Å²) in [5.74, 6) is -0.594. The van der Waals surface area contributed by atoms with Crippen molar-refractivity contribution < 1.29 is 14.1 Å². The number of nitro benzene ring substituents is 1. The number of benzene rings is 1. The molecule has 0 radical (unpaired) electrons. The summed E-state index contributed by atoms with van der Waals surface area (Å²) in [5, 5.41) is 10.8. The molecule has 86 valence electrons. The van der Waals surface area contributed by atoms with Crippen LogP contribution in [0.4, 0.5) is 15.8 Å². The molecule has 0 amide bonds. The monoisotopic (exact) mass is 226 g/mol. The summed E-state index contributed by atoms with van der Waals surface area (Å²) in [4.78, 5) is 12.1. The maximum atomic E-state index is 12.9. The van der Waals surface area contributed by atoms with Crippen LogP contribution in [0.2, 0.25) is 0 Å². The van der Waals surface area contributed by atoms with Crippen LogP contribution in [-0.2, 0) is 4.74 Å². The van der Waals surface area contributed by atoms with Crippen LogP contribution in [0, 0.1) is 15.9 Å². The Kier molecular flexibility index (Phi) is 3.00. The number of halogens is 1. The van der Waals surface area contributed by atoms with Gasteiger partial charge in [-0.2, -0.15) is 0 Å². The Bertz CT molecular complexity index is 405. The van der Waals surface area contributed by atoms with Crippen molar-refractivity contribution in [1.29, 1.82) is 0 Å². The lowest BCUT2D eigenvalue weighted by Crippen LogP contribution is -2.36. The Labute approximate surface area is 91.6 Å². The maximum absolute atomic E-state index is 12.9. The van der Waals surface area contributed by atoms with Gasteiger partial charge in [-0.05, 0) is 12.1 Å². The van der Waals surface area contributed by atoms with Gasteiger partial charge in [0.2, 0.25) is 0 Å². The van der Waals surface area contributed by atoms with Crippen LogP contribution >= 0.6 is 0 Å². The van der Waals surface area contributed by atoms with Crippen LogP contribution in [0.25, 0.3) is 0 Å². The van der Waals surface area contributed by atoms with Crippen LogP contribution < -0.4 is 4.90 Å². The van der Waals surface area contributed by atoms with Crippen molar-refractivity contribution in [2.45, 2.75) is 0 Å². The molecule has 0 aliphatic carbocycles. The van der Waals surface area contributed by atoms with Gasteiger partial charge in [0.15, 0.2) is 0 Å². The van der Waals surface area contributed by atoms with Gasteiger partial charge in [-0.3, -0.25) is 10.1 Å². The van der Waals surface area contributed by atoms with Crippen LogP contribution in [0.15, 0.2) is 18.2 Å². The topological polar surface area (TPSA) is 55.6 Å². The first kappa shape index (κ1) is 10.8. The number of hydrogen-bond donors (Lipinski definition) is 0. The summed E-state index contributed by atoms with van der Waals surface area (Å²) in [6, 6.07) is 3.63. The summed E-state index contributed by atoms with van der Waals surface area (Å²) in [5.41, 5.74) is 0.261. The molecule has 1 saturated heterocycles. The maximum Gasteiger partial charge on any atom is 0.295 e. The number of rotatable bonds is 2. The molecule has 0 atom stereocenters. The lowest BCUT2D eigenvalue weighted by Gasteiger charge is -2.28. The number of nitrogens with zero attached hydrogens (tertiary/aromatic N) is 2. The SMILES string of the molecule is O=[N+]([O-])c1cc(F)ccc1N1CCOCC1. The molecule has 0 bridgehead atoms. The first-order chi connectivity index (χ1) is 7.68. The van der Waals surface area contributed by atoms with Gasteiger partial charge < -0.3 is 9.64 Å². The van der Waals surface area contributed by atoms with Crippen molar-refractivity contribution in [3.63, 3.8) is 0 Å². The van der Waals surface area contributed by atoms with Crippen LogP contribution in [0.3, 0.4) is 0 Å². The van der Waals surface area contributed by atoms with Crippen LogP contribution in [0.5, 0.6) is 0 Å². The standard InChI is InChI=1S/C10H11FN2O3/c11-8-1-2-9(10(7-8)13(14)15)12-3-5-16-6-4-12/h1-2,7H,3-6H2. The Morgan fingerprint density at radius 3 is 2.69 bits per heavy atom. The number of morpholine rings is 1. The summed E-state index contributed by atoms with van der Waals surface area (Å²) in [7, 11) is 0. The van der Waals surface area contributed by atoms with Gasteiger partial charge in [0, 0.05) is 13.1 Å². The molecule has 0 spiro atoms. The first-order valence-corrected chi connectivity index (χ1v) is 4.95. The van der Waals surface area contributed by atoms with E-state index in [-0.39, 0.29) is 5.69 Å². The minimum absolute atomic E-state index is 0.193. The van der Waals surface area contributed by atoms with Gasteiger partial charge >= 0.3 is 0 Å². The number of anilines is 1. The summed E-state index contributed by atoms with van der Waals surface area (Å²) in [6.45, 7) is 2.25. The molecule has 0 N–H and O–H groups in total. The number of ether oxygens (including phenoxy) is 1. The van der Waals surface area contributed by atoms with Crippen molar-refractivity contribution in [1.82, 2.24) is 0 Å². The summed E-state index contributed by atoms with van der Waals surface area (Å²) >= 11 is 0. The number of hydrogen-bond acceptors (Lipinski definition) is 4. The molecule has 1 aromatic carbocycles. The molecule has 0 unspecified atom stereocenters. The predicted octanol–water partition coefficient (Wildman–Crippen LogP) is 1.57. The minimum Gasteiger partial charge on any atom is -0.378 e. The van der Waals surface area contributed by atoms with E-state index < -0.39 is 10.7 Å². The molecule has 1 fully saturated rings. The highest BCUT2D eigenvalue weighted by Gasteiger charge is 2.21. The van der Waals surface area contributed by atoms with E-state index in [4.69, 9.17) is 4.74 Å². The molecule has 5 nitrogen and oxygen atoms in total. The van der Waals surface area contributed by atoms with E-state index in [2.05, 4.69) is 0 Å². The van der Waals surface area contributed by atoms with Gasteiger partial charge in [0.1, 0.15) is 11.5 Å². The average Bonchev–Trinajstić information content (AvgIpc) is 2.30. The molecule has 1 aliphatic rings. The molecule has 0 saturated carbocycles. The zero-order chi connectivity index (χ0) is 11.5. The molecule has 1 heterocycles. The average molecular weight is 226 g/mol. The first-order valence-electron chi connectivity index (χ1n) is 4.95. The van der Waals surface area contributed by atoms with Crippen molar-refractivity contribution in [3.05, 3.63) is 34.1 Å². The van der Waals surface area contributed by atoms with E-state index in [1.165, 1.54) is 12.1 Å². The third kappa shape index (κ3) is 2.11. The Balaban J connectivity index is 2.34. The molecule has 6 heteroatoms. The minimum atomic E-state index is -0.594. The molecular formula is C10H11FN2O3. The van der Waals surface area contributed by atoms with E-state index in [1.54, 1.807) is 0 Å². The van der Waals surface area contributed by atoms with Crippen molar-refractivity contribution in [3.8, 4) is 0 Å². The van der Waals surface area contributed by atoms with E-state index in [1.807, 2.05) is 4.90 Å². The van der Waals surface area contributed by atoms with Crippen LogP contribution in [0.1, 0.15) is 0 Å². The third-order valence-corrected chi connectivity index (χ3v) is 2.49. The lowest BCUT2D eigenvalue weighted by atomic mass is 10.2. The van der Waals surface area contributed by atoms with E-state index in [0.29, 0.717) is 32.0 Å². The fraction of sp³-hybridized carbons (Fsp3) is 0.400. The quantitative estimate of drug-likeness (QED) is 0.567. The molecule has 0 aromatic heterocycles. The van der Waals surface area contributed by atoms with Crippen molar-refractivity contribution >= 4 is 11.4 Å². The zero-order valence-corrected chi connectivity index (χ0v) is 8.56. The van der Waals surface area contributed by atoms with Crippen LogP contribution in [-0.4, -0.2) is 31.2 Å². The number of nitro groups is 1. The predicted molar refractivity (Wildman–Crippen MR) is 56.1 cm³/mol. The largest absolute Gasteiger partial charge is 0.378 e. The van der Waals surface area contributed by atoms with E-state index in [9.17, 15) is 14.5 Å². The third-order valence-electron chi connectivity index (χ3n) is 2.49. The van der Waals surface area contributed by atoms with Crippen molar-refractivity contribution in [2.24, 2.45) is 0 Å². The fourth-order valence-corrected chi connectivity index (χ4v) is 1.71. The second-order valence-corrected chi connectivity index (χ2v) is 3.49. The Hall–Kier alpha value is -1.69. The van der Waals surface area contributed by atoms with Gasteiger partial charge in [0.25, 0.3) is 5.69 Å². The molecule has 1 aromatic rings. The Morgan fingerprint density at radius 2 is 2.06 bits per heavy atom.